The zero-order valence-corrected chi connectivity index (χ0v) is 25.3. The summed E-state index contributed by atoms with van der Waals surface area (Å²) in [5.74, 6) is -2.73. The number of amidine groups is 2. The fourth-order valence-corrected chi connectivity index (χ4v) is 6.39. The molecule has 0 atom stereocenters. The number of amides is 1. The molecule has 1 amide bonds. The second kappa shape index (κ2) is 14.3. The van der Waals surface area contributed by atoms with E-state index in [1.807, 2.05) is 0 Å². The molecule has 14 heteroatoms. The minimum Gasteiger partial charge on any atom is -0.489 e. The quantitative estimate of drug-likeness (QED) is 0.182. The van der Waals surface area contributed by atoms with E-state index in [0.717, 1.165) is 44.4 Å². The van der Waals surface area contributed by atoms with E-state index in [1.165, 1.54) is 31.2 Å². The molecule has 0 unspecified atom stereocenters. The SMILES string of the molecule is CCOC(=O)CS(=O)(=O)N(C/C(F)=C\c1cccc(C(=N)N)c1)c1ccc(OC2CCN(C3=NCCC3)CC2)c(C(N)=O)c1. The average Bonchev–Trinajstić information content (AvgIpc) is 3.52. The molecule has 0 aromatic heterocycles. The Hall–Kier alpha value is -4.46. The van der Waals surface area contributed by atoms with Gasteiger partial charge in [-0.2, -0.15) is 0 Å². The van der Waals surface area contributed by atoms with Crippen molar-refractivity contribution in [2.45, 2.75) is 38.7 Å². The summed E-state index contributed by atoms with van der Waals surface area (Å²) in [7, 11) is -4.49. The number of carbonyl (C=O) groups is 2. The molecule has 0 spiro atoms. The minimum atomic E-state index is -4.49. The topological polar surface area (TPSA) is 181 Å². The number of nitrogen functional groups attached to an aromatic ring is 1. The number of aliphatic imine (C=N–C) groups is 1. The number of anilines is 1. The van der Waals surface area contributed by atoms with E-state index >= 15 is 4.39 Å². The lowest BCUT2D eigenvalue weighted by Gasteiger charge is -2.34. The van der Waals surface area contributed by atoms with Gasteiger partial charge in [0.2, 0.25) is 10.0 Å². The molecule has 2 aromatic carbocycles. The van der Waals surface area contributed by atoms with Crippen molar-refractivity contribution in [3.63, 3.8) is 0 Å². The molecule has 0 saturated carbocycles. The lowest BCUT2D eigenvalue weighted by atomic mass is 10.1. The number of nitrogens with one attached hydrogen (secondary N) is 1. The van der Waals surface area contributed by atoms with E-state index < -0.39 is 40.0 Å². The maximum absolute atomic E-state index is 15.4. The van der Waals surface area contributed by atoms with Gasteiger partial charge >= 0.3 is 5.97 Å². The van der Waals surface area contributed by atoms with Crippen molar-refractivity contribution in [1.29, 1.82) is 5.41 Å². The summed E-state index contributed by atoms with van der Waals surface area (Å²) in [6, 6.07) is 10.2. The number of carbonyl (C=O) groups excluding carboxylic acids is 2. The first-order valence-corrected chi connectivity index (χ1v) is 15.9. The molecule has 1 fully saturated rings. The molecule has 1 saturated heterocycles. The maximum atomic E-state index is 15.4. The number of esters is 1. The second-order valence-corrected chi connectivity index (χ2v) is 12.3. The molecule has 0 aliphatic carbocycles. The molecule has 2 aromatic rings. The number of hydrogen-bond acceptors (Lipinski definition) is 9. The van der Waals surface area contributed by atoms with E-state index in [4.69, 9.17) is 26.4 Å². The van der Waals surface area contributed by atoms with Gasteiger partial charge in [0, 0.05) is 44.5 Å². The smallest absolute Gasteiger partial charge is 0.323 e. The number of likely N-dealkylation sites (tertiary alicyclic amines) is 1. The highest BCUT2D eigenvalue weighted by molar-refractivity contribution is 7.93. The van der Waals surface area contributed by atoms with Crippen molar-refractivity contribution in [2.75, 3.05) is 42.8 Å². The van der Waals surface area contributed by atoms with Crippen LogP contribution in [-0.2, 0) is 19.6 Å². The molecule has 2 heterocycles. The summed E-state index contributed by atoms with van der Waals surface area (Å²) in [4.78, 5) is 31.4. The molecule has 5 N–H and O–H groups in total. The van der Waals surface area contributed by atoms with Gasteiger partial charge < -0.3 is 25.8 Å². The predicted molar refractivity (Wildman–Crippen MR) is 166 cm³/mol. The van der Waals surface area contributed by atoms with Crippen LogP contribution < -0.4 is 20.5 Å². The monoisotopic (exact) mass is 628 g/mol. The number of rotatable bonds is 12. The number of hydrogen-bond donors (Lipinski definition) is 3. The van der Waals surface area contributed by atoms with E-state index in [2.05, 4.69) is 9.89 Å². The van der Waals surface area contributed by atoms with Crippen LogP contribution in [0.15, 0.2) is 53.3 Å². The fraction of sp³-hybridized carbons (Fsp3) is 0.400. The third-order valence-corrected chi connectivity index (χ3v) is 8.84. The van der Waals surface area contributed by atoms with Crippen LogP contribution in [0.2, 0.25) is 0 Å². The molecule has 2 aliphatic heterocycles. The lowest BCUT2D eigenvalue weighted by molar-refractivity contribution is -0.139. The van der Waals surface area contributed by atoms with Gasteiger partial charge in [-0.15, -0.1) is 0 Å². The number of halogens is 1. The van der Waals surface area contributed by atoms with Gasteiger partial charge in [0.1, 0.15) is 23.5 Å². The molecule has 0 radical (unpaired) electrons. The van der Waals surface area contributed by atoms with Crippen LogP contribution in [0.5, 0.6) is 5.75 Å². The molecule has 12 nitrogen and oxygen atoms in total. The second-order valence-electron chi connectivity index (χ2n) is 10.4. The van der Waals surface area contributed by atoms with E-state index in [1.54, 1.807) is 18.2 Å². The van der Waals surface area contributed by atoms with Crippen LogP contribution in [0.4, 0.5) is 10.1 Å². The Bertz CT molecular complexity index is 1570. The van der Waals surface area contributed by atoms with Crippen molar-refractivity contribution in [1.82, 2.24) is 4.90 Å². The Balaban J connectivity index is 1.60. The van der Waals surface area contributed by atoms with Gasteiger partial charge in [0.25, 0.3) is 5.91 Å². The number of nitrogens with zero attached hydrogens (tertiary/aromatic N) is 3. The van der Waals surface area contributed by atoms with Gasteiger partial charge in [-0.1, -0.05) is 18.2 Å². The molecule has 44 heavy (non-hydrogen) atoms. The van der Waals surface area contributed by atoms with Crippen LogP contribution in [-0.4, -0.2) is 81.5 Å². The van der Waals surface area contributed by atoms with E-state index in [-0.39, 0.29) is 35.5 Å². The lowest BCUT2D eigenvalue weighted by Crippen LogP contribution is -2.41. The summed E-state index contributed by atoms with van der Waals surface area (Å²) >= 11 is 0. The Kier molecular flexibility index (Phi) is 10.6. The standard InChI is InChI=1S/C30H37FN6O6S/c1-2-42-28(38)19-44(40,41)37(18-22(31)16-20-5-3-6-21(15-20)29(32)33)23-8-9-26(25(17-23)30(34)39)43-24-10-13-36(14-11-24)27-7-4-12-35-27/h3,5-6,8-9,15-17,24H,2,4,7,10-14,18-19H2,1H3,(H3,32,33)(H2,34,39)/b22-16+. The van der Waals surface area contributed by atoms with Crippen LogP contribution in [0.25, 0.3) is 6.08 Å². The molecule has 4 rings (SSSR count). The summed E-state index contributed by atoms with van der Waals surface area (Å²) in [5.41, 5.74) is 11.7. The Morgan fingerprint density at radius 3 is 2.57 bits per heavy atom. The van der Waals surface area contributed by atoms with Gasteiger partial charge in [-0.3, -0.25) is 24.3 Å². The molecule has 236 valence electrons. The Labute approximate surface area is 256 Å². The number of sulfonamides is 1. The Morgan fingerprint density at radius 2 is 1.93 bits per heavy atom. The molecular formula is C30H37FN6O6S. The number of ether oxygens (including phenoxy) is 2. The first kappa shape index (κ1) is 32.5. The summed E-state index contributed by atoms with van der Waals surface area (Å²) in [6.45, 7) is 3.05. The van der Waals surface area contributed by atoms with Crippen molar-refractivity contribution in [3.05, 3.63) is 65.0 Å². The zero-order chi connectivity index (χ0) is 31.9. The van der Waals surface area contributed by atoms with Gasteiger partial charge in [-0.25, -0.2) is 12.8 Å². The largest absolute Gasteiger partial charge is 0.489 e. The summed E-state index contributed by atoms with van der Waals surface area (Å²) in [5, 5.41) is 7.60. The van der Waals surface area contributed by atoms with E-state index in [0.29, 0.717) is 28.3 Å². The summed E-state index contributed by atoms with van der Waals surface area (Å²) < 4.78 is 53.8. The number of piperidine rings is 1. The number of nitrogens with two attached hydrogens (primary N) is 2. The normalized spacial score (nSPS) is 15.9. The van der Waals surface area contributed by atoms with Crippen LogP contribution in [0, 0.1) is 5.41 Å². The van der Waals surface area contributed by atoms with E-state index in [9.17, 15) is 18.0 Å². The van der Waals surface area contributed by atoms with Crippen molar-refractivity contribution in [2.24, 2.45) is 16.5 Å². The predicted octanol–water partition coefficient (Wildman–Crippen LogP) is 2.81. The third-order valence-electron chi connectivity index (χ3n) is 7.23. The fourth-order valence-electron chi connectivity index (χ4n) is 5.10. The van der Waals surface area contributed by atoms with Gasteiger partial charge in [0.05, 0.1) is 30.2 Å². The van der Waals surface area contributed by atoms with Crippen molar-refractivity contribution in [3.8, 4) is 5.75 Å². The molecule has 0 bridgehead atoms. The third kappa shape index (κ3) is 8.34. The summed E-state index contributed by atoms with van der Waals surface area (Å²) in [6.07, 6.45) is 4.30. The van der Waals surface area contributed by atoms with Gasteiger partial charge in [-0.05, 0) is 49.2 Å². The average molecular weight is 629 g/mol. The van der Waals surface area contributed by atoms with Crippen LogP contribution >= 0.6 is 0 Å². The van der Waals surface area contributed by atoms with Crippen LogP contribution in [0.3, 0.4) is 0 Å². The zero-order valence-electron chi connectivity index (χ0n) is 24.5. The van der Waals surface area contributed by atoms with Gasteiger partial charge in [0.15, 0.2) is 5.75 Å². The first-order chi connectivity index (χ1) is 21.0. The highest BCUT2D eigenvalue weighted by Gasteiger charge is 2.30. The maximum Gasteiger partial charge on any atom is 0.323 e. The Morgan fingerprint density at radius 1 is 1.18 bits per heavy atom. The molecule has 2 aliphatic rings. The first-order valence-electron chi connectivity index (χ1n) is 14.3. The highest BCUT2D eigenvalue weighted by Crippen LogP contribution is 2.30. The highest BCUT2D eigenvalue weighted by atomic mass is 32.2. The van der Waals surface area contributed by atoms with Crippen molar-refractivity contribution < 1.29 is 31.9 Å². The number of benzene rings is 2. The van der Waals surface area contributed by atoms with Crippen LogP contribution in [0.1, 0.15) is 54.1 Å². The minimum absolute atomic E-state index is 0.0417. The number of primary amides is 1. The van der Waals surface area contributed by atoms with Crippen molar-refractivity contribution >= 4 is 45.3 Å². The molecular weight excluding hydrogens is 591 g/mol.